The van der Waals surface area contributed by atoms with Crippen molar-refractivity contribution < 1.29 is 9.72 Å². The lowest BCUT2D eigenvalue weighted by molar-refractivity contribution is -0.384. The number of carbonyl (C=O) groups is 1. The number of amides is 1. The van der Waals surface area contributed by atoms with Gasteiger partial charge in [-0.2, -0.15) is 0 Å². The highest BCUT2D eigenvalue weighted by Crippen LogP contribution is 2.25. The number of benzene rings is 1. The highest BCUT2D eigenvalue weighted by atomic mass is 16.6. The first-order chi connectivity index (χ1) is 9.45. The third-order valence-electron chi connectivity index (χ3n) is 2.83. The average molecular weight is 279 g/mol. The minimum atomic E-state index is -0.483. The Balaban J connectivity index is 2.83. The van der Waals surface area contributed by atoms with Crippen molar-refractivity contribution in [3.63, 3.8) is 0 Å². The maximum Gasteiger partial charge on any atom is 0.293 e. The summed E-state index contributed by atoms with van der Waals surface area (Å²) in [6, 6.07) is 4.47. The summed E-state index contributed by atoms with van der Waals surface area (Å²) < 4.78 is 0. The monoisotopic (exact) mass is 279 g/mol. The van der Waals surface area contributed by atoms with Crippen molar-refractivity contribution in [1.29, 1.82) is 0 Å². The van der Waals surface area contributed by atoms with Crippen LogP contribution in [0.3, 0.4) is 0 Å². The third-order valence-corrected chi connectivity index (χ3v) is 2.83. The molecule has 0 saturated carbocycles. The lowest BCUT2D eigenvalue weighted by atomic mass is 10.1. The minimum absolute atomic E-state index is 0.0802. The molecule has 1 aromatic rings. The first kappa shape index (κ1) is 15.9. The molecule has 0 aliphatic rings. The van der Waals surface area contributed by atoms with E-state index in [0.717, 1.165) is 6.42 Å². The van der Waals surface area contributed by atoms with E-state index in [2.05, 4.69) is 24.5 Å². The lowest BCUT2D eigenvalue weighted by Gasteiger charge is -2.09. The molecule has 1 aromatic carbocycles. The quantitative estimate of drug-likeness (QED) is 0.593. The summed E-state index contributed by atoms with van der Waals surface area (Å²) in [6.45, 7) is 7.15. The van der Waals surface area contributed by atoms with Crippen molar-refractivity contribution in [2.45, 2.75) is 27.2 Å². The SMILES string of the molecule is CCNc1ccc(C(=O)NCCC(C)C)cc1[N+](=O)[O-]. The predicted molar refractivity (Wildman–Crippen MR) is 79.0 cm³/mol. The molecule has 0 unspecified atom stereocenters. The Bertz CT molecular complexity index is 487. The number of nitro benzene ring substituents is 1. The molecule has 6 nitrogen and oxygen atoms in total. The van der Waals surface area contributed by atoms with Crippen LogP contribution in [0.5, 0.6) is 0 Å². The molecule has 0 radical (unpaired) electrons. The van der Waals surface area contributed by atoms with Gasteiger partial charge in [-0.15, -0.1) is 0 Å². The van der Waals surface area contributed by atoms with E-state index in [-0.39, 0.29) is 11.6 Å². The van der Waals surface area contributed by atoms with Crippen molar-refractivity contribution in [2.75, 3.05) is 18.4 Å². The van der Waals surface area contributed by atoms with E-state index < -0.39 is 4.92 Å². The Labute approximate surface area is 118 Å². The molecule has 110 valence electrons. The van der Waals surface area contributed by atoms with E-state index in [1.54, 1.807) is 12.1 Å². The maximum absolute atomic E-state index is 11.9. The van der Waals surface area contributed by atoms with Crippen molar-refractivity contribution in [1.82, 2.24) is 5.32 Å². The van der Waals surface area contributed by atoms with Gasteiger partial charge in [-0.1, -0.05) is 13.8 Å². The number of nitrogens with one attached hydrogen (secondary N) is 2. The van der Waals surface area contributed by atoms with Gasteiger partial charge in [-0.25, -0.2) is 0 Å². The van der Waals surface area contributed by atoms with Crippen LogP contribution >= 0.6 is 0 Å². The second-order valence-corrected chi connectivity index (χ2v) is 4.96. The summed E-state index contributed by atoms with van der Waals surface area (Å²) >= 11 is 0. The Morgan fingerprint density at radius 1 is 1.40 bits per heavy atom. The average Bonchev–Trinajstić information content (AvgIpc) is 2.38. The summed E-state index contributed by atoms with van der Waals surface area (Å²) in [6.07, 6.45) is 0.878. The van der Waals surface area contributed by atoms with Crippen LogP contribution in [0, 0.1) is 16.0 Å². The summed E-state index contributed by atoms with van der Waals surface area (Å²) in [5.41, 5.74) is 0.654. The van der Waals surface area contributed by atoms with E-state index >= 15 is 0 Å². The molecule has 0 aliphatic heterocycles. The molecule has 2 N–H and O–H groups in total. The number of hydrogen-bond acceptors (Lipinski definition) is 4. The fourth-order valence-electron chi connectivity index (χ4n) is 1.74. The topological polar surface area (TPSA) is 84.3 Å². The van der Waals surface area contributed by atoms with Crippen LogP contribution in [0.4, 0.5) is 11.4 Å². The van der Waals surface area contributed by atoms with Gasteiger partial charge in [0, 0.05) is 24.7 Å². The first-order valence-electron chi connectivity index (χ1n) is 6.76. The van der Waals surface area contributed by atoms with Gasteiger partial charge >= 0.3 is 0 Å². The normalized spacial score (nSPS) is 10.4. The summed E-state index contributed by atoms with van der Waals surface area (Å²) in [7, 11) is 0. The predicted octanol–water partition coefficient (Wildman–Crippen LogP) is 2.80. The lowest BCUT2D eigenvalue weighted by Crippen LogP contribution is -2.25. The van der Waals surface area contributed by atoms with Crippen LogP contribution in [0.25, 0.3) is 0 Å². The number of rotatable bonds is 7. The van der Waals surface area contributed by atoms with E-state index in [1.807, 2.05) is 6.92 Å². The van der Waals surface area contributed by atoms with Gasteiger partial charge in [0.15, 0.2) is 0 Å². The van der Waals surface area contributed by atoms with E-state index in [9.17, 15) is 14.9 Å². The molecule has 1 amide bonds. The Hall–Kier alpha value is -2.11. The minimum Gasteiger partial charge on any atom is -0.380 e. The number of carbonyl (C=O) groups excluding carboxylic acids is 1. The molecule has 0 heterocycles. The summed E-state index contributed by atoms with van der Waals surface area (Å²) in [5.74, 6) is 0.220. The van der Waals surface area contributed by atoms with Crippen LogP contribution in [-0.2, 0) is 0 Å². The molecule has 6 heteroatoms. The molecule has 0 saturated heterocycles. The molecule has 0 aromatic heterocycles. The van der Waals surface area contributed by atoms with Gasteiger partial charge in [-0.3, -0.25) is 14.9 Å². The van der Waals surface area contributed by atoms with Gasteiger partial charge < -0.3 is 10.6 Å². The molecule has 0 aliphatic carbocycles. The molecule has 1 rings (SSSR count). The van der Waals surface area contributed by atoms with Crippen LogP contribution in [0.1, 0.15) is 37.6 Å². The molecule has 0 bridgehead atoms. The maximum atomic E-state index is 11.9. The fraction of sp³-hybridized carbons (Fsp3) is 0.500. The number of nitrogens with zero attached hydrogens (tertiary/aromatic N) is 1. The zero-order chi connectivity index (χ0) is 15.1. The van der Waals surface area contributed by atoms with E-state index in [1.165, 1.54) is 6.07 Å². The van der Waals surface area contributed by atoms with Gasteiger partial charge in [0.2, 0.25) is 0 Å². The summed E-state index contributed by atoms with van der Waals surface area (Å²) in [5, 5.41) is 16.7. The molecule has 0 atom stereocenters. The summed E-state index contributed by atoms with van der Waals surface area (Å²) in [4.78, 5) is 22.4. The van der Waals surface area contributed by atoms with Gasteiger partial charge in [0.1, 0.15) is 5.69 Å². The molecular weight excluding hydrogens is 258 g/mol. The van der Waals surface area contributed by atoms with Crippen molar-refractivity contribution in [3.8, 4) is 0 Å². The molecule has 0 spiro atoms. The van der Waals surface area contributed by atoms with Crippen LogP contribution in [-0.4, -0.2) is 23.9 Å². The Kier molecular flexibility index (Phi) is 5.96. The molecule has 20 heavy (non-hydrogen) atoms. The highest BCUT2D eigenvalue weighted by molar-refractivity contribution is 5.95. The third kappa shape index (κ3) is 4.53. The Morgan fingerprint density at radius 3 is 2.65 bits per heavy atom. The molecular formula is C14H21N3O3. The van der Waals surface area contributed by atoms with Gasteiger partial charge in [0.05, 0.1) is 4.92 Å². The first-order valence-corrected chi connectivity index (χ1v) is 6.76. The second kappa shape index (κ2) is 7.47. The standard InChI is InChI=1S/C14H21N3O3/c1-4-15-12-6-5-11(9-13(12)17(19)20)14(18)16-8-7-10(2)3/h5-6,9-10,15H,4,7-8H2,1-3H3,(H,16,18). The van der Waals surface area contributed by atoms with E-state index in [4.69, 9.17) is 0 Å². The number of nitro groups is 1. The van der Waals surface area contributed by atoms with Crippen molar-refractivity contribution in [3.05, 3.63) is 33.9 Å². The van der Waals surface area contributed by atoms with Gasteiger partial charge in [-0.05, 0) is 31.4 Å². The fourth-order valence-corrected chi connectivity index (χ4v) is 1.74. The number of hydrogen-bond donors (Lipinski definition) is 2. The Morgan fingerprint density at radius 2 is 2.10 bits per heavy atom. The molecule has 0 fully saturated rings. The van der Waals surface area contributed by atoms with Crippen LogP contribution < -0.4 is 10.6 Å². The highest BCUT2D eigenvalue weighted by Gasteiger charge is 2.16. The van der Waals surface area contributed by atoms with Gasteiger partial charge in [0.25, 0.3) is 11.6 Å². The van der Waals surface area contributed by atoms with Crippen molar-refractivity contribution >= 4 is 17.3 Å². The largest absolute Gasteiger partial charge is 0.380 e. The zero-order valence-electron chi connectivity index (χ0n) is 12.1. The van der Waals surface area contributed by atoms with E-state index in [0.29, 0.717) is 30.3 Å². The smallest absolute Gasteiger partial charge is 0.293 e. The van der Waals surface area contributed by atoms with Crippen LogP contribution in [0.2, 0.25) is 0 Å². The number of anilines is 1. The van der Waals surface area contributed by atoms with Crippen LogP contribution in [0.15, 0.2) is 18.2 Å². The second-order valence-electron chi connectivity index (χ2n) is 4.96. The zero-order valence-corrected chi connectivity index (χ0v) is 12.1. The van der Waals surface area contributed by atoms with Crippen molar-refractivity contribution in [2.24, 2.45) is 5.92 Å².